The predicted octanol–water partition coefficient (Wildman–Crippen LogP) is 5.80. The van der Waals surface area contributed by atoms with E-state index in [1.54, 1.807) is 0 Å². The quantitative estimate of drug-likeness (QED) is 0.592. The number of unbranched alkanes of at least 4 members (excludes halogenated alkanes) is 2. The number of allylic oxidation sites excluding steroid dienone is 1. The third-order valence-electron chi connectivity index (χ3n) is 9.17. The van der Waals surface area contributed by atoms with Crippen molar-refractivity contribution in [2.75, 3.05) is 6.54 Å². The molecule has 3 saturated carbocycles. The number of ketones is 1. The van der Waals surface area contributed by atoms with Gasteiger partial charge in [-0.15, -0.1) is 0 Å². The molecule has 0 heterocycles. The zero-order valence-corrected chi connectivity index (χ0v) is 18.6. The first-order valence-corrected chi connectivity index (χ1v) is 12.1. The van der Waals surface area contributed by atoms with Crippen molar-refractivity contribution in [1.82, 2.24) is 5.32 Å². The van der Waals surface area contributed by atoms with E-state index in [1.165, 1.54) is 24.8 Å². The fourth-order valence-corrected chi connectivity index (χ4v) is 7.44. The van der Waals surface area contributed by atoms with Crippen molar-refractivity contribution in [2.24, 2.45) is 28.6 Å². The number of carbonyl (C=O) groups excluding carboxylic acids is 2. The molecular weight excluding hydrogens is 362 g/mol. The van der Waals surface area contributed by atoms with Gasteiger partial charge in [-0.2, -0.15) is 0 Å². The Morgan fingerprint density at radius 2 is 1.93 bits per heavy atom. The Morgan fingerprint density at radius 3 is 2.72 bits per heavy atom. The van der Waals surface area contributed by atoms with Crippen molar-refractivity contribution < 1.29 is 14.3 Å². The van der Waals surface area contributed by atoms with Crippen molar-refractivity contribution in [1.29, 1.82) is 0 Å². The Hall–Kier alpha value is -1.32. The van der Waals surface area contributed by atoms with Crippen LogP contribution >= 0.6 is 0 Å². The number of carbonyl (C=O) groups is 2. The molecule has 1 amide bonds. The van der Waals surface area contributed by atoms with Crippen LogP contribution < -0.4 is 5.32 Å². The third-order valence-corrected chi connectivity index (χ3v) is 9.17. The van der Waals surface area contributed by atoms with Crippen LogP contribution in [0.4, 0.5) is 4.79 Å². The monoisotopic (exact) mass is 401 g/mol. The van der Waals surface area contributed by atoms with Crippen molar-refractivity contribution >= 4 is 11.9 Å². The minimum absolute atomic E-state index is 0.0531. The lowest BCUT2D eigenvalue weighted by atomic mass is 9.47. The Kier molecular flexibility index (Phi) is 5.83. The number of alkyl carbamates (subject to hydrolysis) is 1. The molecule has 0 bridgehead atoms. The van der Waals surface area contributed by atoms with E-state index in [1.807, 2.05) is 6.08 Å². The van der Waals surface area contributed by atoms with Crippen molar-refractivity contribution in [3.63, 3.8) is 0 Å². The topological polar surface area (TPSA) is 55.4 Å². The molecule has 0 radical (unpaired) electrons. The van der Waals surface area contributed by atoms with Gasteiger partial charge in [-0.25, -0.2) is 4.79 Å². The Balaban J connectivity index is 1.43. The molecule has 0 saturated heterocycles. The first kappa shape index (κ1) is 20.9. The van der Waals surface area contributed by atoms with E-state index in [2.05, 4.69) is 26.1 Å². The van der Waals surface area contributed by atoms with Crippen LogP contribution in [0, 0.1) is 28.6 Å². The molecule has 0 spiro atoms. The van der Waals surface area contributed by atoms with Gasteiger partial charge in [0.25, 0.3) is 0 Å². The van der Waals surface area contributed by atoms with Gasteiger partial charge in [0, 0.05) is 18.4 Å². The van der Waals surface area contributed by atoms with Crippen molar-refractivity contribution in [3.8, 4) is 0 Å². The van der Waals surface area contributed by atoms with Crippen molar-refractivity contribution in [2.45, 2.75) is 97.5 Å². The molecule has 0 aromatic carbocycles. The maximum Gasteiger partial charge on any atom is 0.407 e. The molecule has 6 unspecified atom stereocenters. The van der Waals surface area contributed by atoms with Gasteiger partial charge in [0.15, 0.2) is 5.78 Å². The van der Waals surface area contributed by atoms with Gasteiger partial charge < -0.3 is 10.1 Å². The number of amides is 1. The van der Waals surface area contributed by atoms with Gasteiger partial charge in [0.2, 0.25) is 0 Å². The highest BCUT2D eigenvalue weighted by atomic mass is 16.6. The number of fused-ring (bicyclic) bond motifs is 5. The van der Waals surface area contributed by atoms with Crippen LogP contribution in [-0.2, 0) is 9.53 Å². The Morgan fingerprint density at radius 1 is 1.10 bits per heavy atom. The summed E-state index contributed by atoms with van der Waals surface area (Å²) in [7, 11) is 0. The molecule has 4 aliphatic rings. The highest BCUT2D eigenvalue weighted by molar-refractivity contribution is 5.91. The molecule has 1 N–H and O–H groups in total. The smallest absolute Gasteiger partial charge is 0.407 e. The van der Waals surface area contributed by atoms with E-state index >= 15 is 0 Å². The van der Waals surface area contributed by atoms with Crippen LogP contribution in [0.3, 0.4) is 0 Å². The molecule has 4 heteroatoms. The molecular formula is C25H39NO3. The fourth-order valence-electron chi connectivity index (χ4n) is 7.44. The summed E-state index contributed by atoms with van der Waals surface area (Å²) in [4.78, 5) is 24.3. The van der Waals surface area contributed by atoms with Gasteiger partial charge in [0.05, 0.1) is 0 Å². The molecule has 3 fully saturated rings. The highest BCUT2D eigenvalue weighted by Crippen LogP contribution is 2.65. The van der Waals surface area contributed by atoms with E-state index < -0.39 is 0 Å². The predicted molar refractivity (Wildman–Crippen MR) is 115 cm³/mol. The van der Waals surface area contributed by atoms with Gasteiger partial charge in [-0.3, -0.25) is 4.79 Å². The molecule has 29 heavy (non-hydrogen) atoms. The summed E-state index contributed by atoms with van der Waals surface area (Å²) < 4.78 is 5.98. The standard InChI is InChI=1S/C25H39NO3/c1-4-5-6-15-26-23(28)29-22-10-9-20-19-8-7-17-16-18(27)11-13-24(17,2)21(19)12-14-25(20,22)3/h16,19-22H,4-15H2,1-3H3,(H,26,28). The summed E-state index contributed by atoms with van der Waals surface area (Å²) in [6.07, 6.45) is 13.7. The number of hydrogen-bond acceptors (Lipinski definition) is 3. The summed E-state index contributed by atoms with van der Waals surface area (Å²) in [5.41, 5.74) is 1.76. The lowest BCUT2D eigenvalue weighted by Gasteiger charge is -2.57. The molecule has 0 aliphatic heterocycles. The second-order valence-corrected chi connectivity index (χ2v) is 10.6. The zero-order valence-electron chi connectivity index (χ0n) is 18.6. The third kappa shape index (κ3) is 3.65. The molecule has 4 rings (SSSR count). The maximum atomic E-state index is 12.4. The molecule has 4 nitrogen and oxygen atoms in total. The zero-order chi connectivity index (χ0) is 20.6. The van der Waals surface area contributed by atoms with Crippen LogP contribution in [0.2, 0.25) is 0 Å². The minimum atomic E-state index is -0.221. The van der Waals surface area contributed by atoms with Gasteiger partial charge in [-0.1, -0.05) is 39.2 Å². The molecule has 0 aromatic rings. The van der Waals surface area contributed by atoms with E-state index in [0.29, 0.717) is 23.5 Å². The summed E-state index contributed by atoms with van der Waals surface area (Å²) in [5, 5.41) is 2.96. The van der Waals surface area contributed by atoms with E-state index in [-0.39, 0.29) is 23.0 Å². The maximum absolute atomic E-state index is 12.4. The molecule has 0 aromatic heterocycles. The van der Waals surface area contributed by atoms with Gasteiger partial charge in [0.1, 0.15) is 6.10 Å². The van der Waals surface area contributed by atoms with E-state index in [4.69, 9.17) is 4.74 Å². The Bertz CT molecular complexity index is 686. The lowest BCUT2D eigenvalue weighted by molar-refractivity contribution is -0.118. The molecule has 162 valence electrons. The second kappa shape index (κ2) is 8.07. The molecule has 6 atom stereocenters. The van der Waals surface area contributed by atoms with Gasteiger partial charge >= 0.3 is 6.09 Å². The minimum Gasteiger partial charge on any atom is -0.446 e. The van der Waals surface area contributed by atoms with Crippen molar-refractivity contribution in [3.05, 3.63) is 11.6 Å². The average Bonchev–Trinajstić information content (AvgIpc) is 3.02. The summed E-state index contributed by atoms with van der Waals surface area (Å²) in [6, 6.07) is 0. The number of ether oxygens (including phenoxy) is 1. The van der Waals surface area contributed by atoms with Crippen LogP contribution in [0.5, 0.6) is 0 Å². The summed E-state index contributed by atoms with van der Waals surface area (Å²) in [6.45, 7) is 7.70. The first-order chi connectivity index (χ1) is 13.9. The fraction of sp³-hybridized carbons (Fsp3) is 0.840. The number of nitrogens with one attached hydrogen (secondary N) is 1. The Labute approximate surface area is 176 Å². The number of hydrogen-bond donors (Lipinski definition) is 1. The largest absolute Gasteiger partial charge is 0.446 e. The van der Waals surface area contributed by atoms with Crippen LogP contribution in [0.15, 0.2) is 11.6 Å². The lowest BCUT2D eigenvalue weighted by Crippen LogP contribution is -2.52. The van der Waals surface area contributed by atoms with E-state index in [0.717, 1.165) is 57.9 Å². The van der Waals surface area contributed by atoms with Gasteiger partial charge in [-0.05, 0) is 80.6 Å². The highest BCUT2D eigenvalue weighted by Gasteiger charge is 2.59. The second-order valence-electron chi connectivity index (χ2n) is 10.6. The average molecular weight is 402 g/mol. The number of rotatable bonds is 5. The van der Waals surface area contributed by atoms with Crippen LogP contribution in [0.25, 0.3) is 0 Å². The van der Waals surface area contributed by atoms with Crippen LogP contribution in [0.1, 0.15) is 91.4 Å². The normalized spacial score (nSPS) is 41.1. The summed E-state index contributed by atoms with van der Waals surface area (Å²) >= 11 is 0. The summed E-state index contributed by atoms with van der Waals surface area (Å²) in [5.74, 6) is 2.38. The van der Waals surface area contributed by atoms with E-state index in [9.17, 15) is 9.59 Å². The first-order valence-electron chi connectivity index (χ1n) is 12.1. The molecule has 4 aliphatic carbocycles. The van der Waals surface area contributed by atoms with Crippen LogP contribution in [-0.4, -0.2) is 24.5 Å². The SMILES string of the molecule is CCCCCNC(=O)OC1CCC2C3CCC4=CC(=O)CCC4(C)C3CCC12C.